The molecule has 2 amide bonds. The summed E-state index contributed by atoms with van der Waals surface area (Å²) < 4.78 is 95.4. The molecule has 0 N–H and O–H groups in total. The molecule has 0 bridgehead atoms. The third-order valence-electron chi connectivity index (χ3n) is 7.94. The fourth-order valence-electron chi connectivity index (χ4n) is 5.55. The van der Waals surface area contributed by atoms with Crippen molar-refractivity contribution in [3.05, 3.63) is 94.3 Å². The second kappa shape index (κ2) is 11.6. The number of rotatable bonds is 5. The zero-order valence-electron chi connectivity index (χ0n) is 23.7. The minimum absolute atomic E-state index is 0.0188. The Labute approximate surface area is 243 Å². The number of nitrogens with zero attached hydrogens (tertiary/aromatic N) is 4. The van der Waals surface area contributed by atoms with Gasteiger partial charge in [-0.2, -0.15) is 26.3 Å². The highest BCUT2D eigenvalue weighted by atomic mass is 19.4. The molecular weight excluding hydrogens is 581 g/mol. The zero-order chi connectivity index (χ0) is 31.9. The van der Waals surface area contributed by atoms with Crippen LogP contribution in [0.3, 0.4) is 0 Å². The van der Waals surface area contributed by atoms with Gasteiger partial charge in [0.15, 0.2) is 0 Å². The molecule has 2 heterocycles. The zero-order valence-corrected chi connectivity index (χ0v) is 23.7. The second-order valence-electron chi connectivity index (χ2n) is 11.1. The number of carbonyl (C=O) groups is 2. The molecule has 230 valence electrons. The molecule has 1 aliphatic heterocycles. The van der Waals surface area contributed by atoms with Gasteiger partial charge in [-0.1, -0.05) is 6.07 Å². The van der Waals surface area contributed by atoms with Crippen LogP contribution in [0.15, 0.2) is 55.0 Å². The lowest BCUT2D eigenvalue weighted by atomic mass is 9.78. The molecule has 0 radical (unpaired) electrons. The average molecular weight is 611 g/mol. The van der Waals surface area contributed by atoms with Crippen LogP contribution in [0.25, 0.3) is 0 Å². The third kappa shape index (κ3) is 6.65. The van der Waals surface area contributed by atoms with E-state index in [2.05, 4.69) is 9.97 Å². The molecule has 4 rings (SSSR count). The topological polar surface area (TPSA) is 66.4 Å². The summed E-state index contributed by atoms with van der Waals surface area (Å²) >= 11 is 0. The SMILES string of the molecule is Cc1cc(F)ccc1[C@H]1CN(C(=O)c2cnccn2)CC[C@@H]1N(C)C(=O)C(C)(C)c1cc(C(F)(F)F)cc(C(F)(F)F)c1. The van der Waals surface area contributed by atoms with Gasteiger partial charge in [-0.15, -0.1) is 0 Å². The van der Waals surface area contributed by atoms with Crippen molar-refractivity contribution in [2.75, 3.05) is 20.1 Å². The fourth-order valence-corrected chi connectivity index (χ4v) is 5.55. The van der Waals surface area contributed by atoms with Gasteiger partial charge in [-0.25, -0.2) is 9.37 Å². The van der Waals surface area contributed by atoms with Crippen molar-refractivity contribution in [3.8, 4) is 0 Å². The Hall–Kier alpha value is -4.03. The molecule has 0 spiro atoms. The molecule has 43 heavy (non-hydrogen) atoms. The van der Waals surface area contributed by atoms with Crippen LogP contribution in [-0.2, 0) is 22.6 Å². The number of hydrogen-bond acceptors (Lipinski definition) is 4. The van der Waals surface area contributed by atoms with E-state index >= 15 is 0 Å². The number of likely N-dealkylation sites (N-methyl/N-ethyl adjacent to an activating group) is 1. The monoisotopic (exact) mass is 610 g/mol. The van der Waals surface area contributed by atoms with E-state index < -0.39 is 64.0 Å². The Kier molecular flexibility index (Phi) is 8.58. The van der Waals surface area contributed by atoms with Gasteiger partial charge < -0.3 is 9.80 Å². The molecule has 0 saturated carbocycles. The smallest absolute Gasteiger partial charge is 0.341 e. The number of likely N-dealkylation sites (tertiary alicyclic amines) is 1. The molecule has 13 heteroatoms. The Morgan fingerprint density at radius 1 is 0.930 bits per heavy atom. The summed E-state index contributed by atoms with van der Waals surface area (Å²) in [6.07, 6.45) is -5.83. The standard InChI is InChI=1S/C30H29F7N4O2/c1-17-11-21(31)5-6-22(17)23-16-41(26(42)24-15-38-8-9-39-24)10-7-25(23)40(4)27(43)28(2,3)18-12-19(29(32,33)34)14-20(13-18)30(35,36)37/h5-6,8-9,11-15,23,25H,7,10,16H2,1-4H3/t23-,25+/m1/s1. The second-order valence-corrected chi connectivity index (χ2v) is 11.1. The average Bonchev–Trinajstić information content (AvgIpc) is 2.95. The number of benzene rings is 2. The van der Waals surface area contributed by atoms with Crippen LogP contribution in [0.2, 0.25) is 0 Å². The fraction of sp³-hybridized carbons (Fsp3) is 0.400. The summed E-state index contributed by atoms with van der Waals surface area (Å²) in [7, 11) is 1.43. The van der Waals surface area contributed by atoms with Crippen LogP contribution in [0.5, 0.6) is 0 Å². The van der Waals surface area contributed by atoms with E-state index in [1.54, 1.807) is 13.0 Å². The van der Waals surface area contributed by atoms with Crippen molar-refractivity contribution < 1.29 is 40.3 Å². The summed E-state index contributed by atoms with van der Waals surface area (Å²) in [6.45, 7) is 4.48. The lowest BCUT2D eigenvalue weighted by Gasteiger charge is -2.45. The van der Waals surface area contributed by atoms with Crippen molar-refractivity contribution in [1.82, 2.24) is 19.8 Å². The van der Waals surface area contributed by atoms with Crippen LogP contribution in [-0.4, -0.2) is 57.8 Å². The highest BCUT2D eigenvalue weighted by Crippen LogP contribution is 2.41. The van der Waals surface area contributed by atoms with E-state index in [0.717, 1.165) is 0 Å². The summed E-state index contributed by atoms with van der Waals surface area (Å²) in [5.74, 6) is -2.18. The normalized spacial score (nSPS) is 18.0. The number of hydrogen-bond donors (Lipinski definition) is 0. The van der Waals surface area contributed by atoms with E-state index in [-0.39, 0.29) is 31.3 Å². The molecule has 1 aliphatic rings. The number of piperidine rings is 1. The summed E-state index contributed by atoms with van der Waals surface area (Å²) in [6, 6.07) is 4.61. The molecule has 0 unspecified atom stereocenters. The van der Waals surface area contributed by atoms with Gasteiger partial charge in [0.2, 0.25) is 5.91 Å². The number of carbonyl (C=O) groups excluding carboxylic acids is 2. The van der Waals surface area contributed by atoms with Gasteiger partial charge in [0.05, 0.1) is 22.7 Å². The first-order chi connectivity index (χ1) is 19.9. The minimum atomic E-state index is -5.07. The quantitative estimate of drug-likeness (QED) is 0.314. The summed E-state index contributed by atoms with van der Waals surface area (Å²) in [4.78, 5) is 37.9. The summed E-state index contributed by atoms with van der Waals surface area (Å²) in [5, 5.41) is 0. The van der Waals surface area contributed by atoms with E-state index in [9.17, 15) is 40.3 Å². The van der Waals surface area contributed by atoms with Crippen LogP contribution < -0.4 is 0 Å². The van der Waals surface area contributed by atoms with Gasteiger partial charge in [0.25, 0.3) is 5.91 Å². The molecule has 1 aromatic heterocycles. The number of aromatic nitrogens is 2. The van der Waals surface area contributed by atoms with E-state index in [1.165, 1.54) is 61.4 Å². The lowest BCUT2D eigenvalue weighted by Crippen LogP contribution is -2.55. The van der Waals surface area contributed by atoms with Gasteiger partial charge >= 0.3 is 12.4 Å². The maximum absolute atomic E-state index is 14.0. The molecule has 3 aromatic rings. The summed E-state index contributed by atoms with van der Waals surface area (Å²) in [5.41, 5.74) is -3.99. The van der Waals surface area contributed by atoms with Gasteiger partial charge in [-0.3, -0.25) is 14.6 Å². The first-order valence-electron chi connectivity index (χ1n) is 13.3. The van der Waals surface area contributed by atoms with Crippen molar-refractivity contribution >= 4 is 11.8 Å². The number of alkyl halides is 6. The van der Waals surface area contributed by atoms with Crippen LogP contribution >= 0.6 is 0 Å². The Morgan fingerprint density at radius 2 is 1.53 bits per heavy atom. The maximum atomic E-state index is 14.0. The number of halogens is 7. The molecule has 1 saturated heterocycles. The van der Waals surface area contributed by atoms with Gasteiger partial charge in [-0.05, 0) is 74.2 Å². The van der Waals surface area contributed by atoms with Gasteiger partial charge in [0.1, 0.15) is 11.5 Å². The predicted octanol–water partition coefficient (Wildman–Crippen LogP) is 6.40. The van der Waals surface area contributed by atoms with E-state index in [0.29, 0.717) is 23.3 Å². The Bertz CT molecular complexity index is 1470. The van der Waals surface area contributed by atoms with Crippen molar-refractivity contribution in [1.29, 1.82) is 0 Å². The molecule has 1 fully saturated rings. The van der Waals surface area contributed by atoms with Crippen LogP contribution in [0, 0.1) is 12.7 Å². The Balaban J connectivity index is 1.72. The highest BCUT2D eigenvalue weighted by molar-refractivity contribution is 5.92. The van der Waals surface area contributed by atoms with Crippen LogP contribution in [0.4, 0.5) is 30.7 Å². The first kappa shape index (κ1) is 31.9. The third-order valence-corrected chi connectivity index (χ3v) is 7.94. The maximum Gasteiger partial charge on any atom is 0.416 e. The lowest BCUT2D eigenvalue weighted by molar-refractivity contribution is -0.144. The number of amides is 2. The van der Waals surface area contributed by atoms with Gasteiger partial charge in [0, 0.05) is 44.5 Å². The molecule has 2 aromatic carbocycles. The molecule has 6 nitrogen and oxygen atoms in total. The van der Waals surface area contributed by atoms with E-state index in [4.69, 9.17) is 0 Å². The predicted molar refractivity (Wildman–Crippen MR) is 142 cm³/mol. The van der Waals surface area contributed by atoms with Crippen molar-refractivity contribution in [3.63, 3.8) is 0 Å². The van der Waals surface area contributed by atoms with Crippen LogP contribution in [0.1, 0.15) is 64.5 Å². The minimum Gasteiger partial charge on any atom is -0.341 e. The number of aryl methyl sites for hydroxylation is 1. The van der Waals surface area contributed by atoms with Crippen molar-refractivity contribution in [2.45, 2.75) is 56.9 Å². The van der Waals surface area contributed by atoms with E-state index in [1.807, 2.05) is 0 Å². The molecular formula is C30H29F7N4O2. The largest absolute Gasteiger partial charge is 0.416 e. The highest BCUT2D eigenvalue weighted by Gasteiger charge is 2.44. The van der Waals surface area contributed by atoms with Crippen molar-refractivity contribution in [2.24, 2.45) is 0 Å². The first-order valence-corrected chi connectivity index (χ1v) is 13.3. The molecule has 2 atom stereocenters. The molecule has 0 aliphatic carbocycles. The Morgan fingerprint density at radius 3 is 2.07 bits per heavy atom.